The normalized spacial score (nSPS) is 23.5. The number of nitrogens with zero attached hydrogens (tertiary/aromatic N) is 4. The molecule has 244 valence electrons. The average Bonchev–Trinajstić information content (AvgIpc) is 3.22. The Morgan fingerprint density at radius 2 is 1.48 bits per heavy atom. The average molecular weight is 628 g/mol. The summed E-state index contributed by atoms with van der Waals surface area (Å²) in [6.45, 7) is 9.15. The molecule has 0 saturated carbocycles. The highest BCUT2D eigenvalue weighted by molar-refractivity contribution is 7.88. The van der Waals surface area contributed by atoms with Crippen LogP contribution in [0, 0.1) is 0 Å². The van der Waals surface area contributed by atoms with Crippen LogP contribution in [-0.4, -0.2) is 96.6 Å². The molecule has 1 aromatic heterocycles. The molecule has 10 heteroatoms. The molecule has 3 saturated heterocycles. The summed E-state index contributed by atoms with van der Waals surface area (Å²) in [5.74, 6) is -0.234. The van der Waals surface area contributed by atoms with E-state index in [2.05, 4.69) is 15.1 Å². The molecule has 3 aliphatic rings. The van der Waals surface area contributed by atoms with E-state index in [4.69, 9.17) is 0 Å². The molecular formula is C34H53N5O4S. The molecule has 44 heavy (non-hydrogen) atoms. The highest BCUT2D eigenvalue weighted by Crippen LogP contribution is 2.36. The Bertz CT molecular complexity index is 1420. The molecule has 5 rings (SSSR count). The zero-order valence-electron chi connectivity index (χ0n) is 27.0. The summed E-state index contributed by atoms with van der Waals surface area (Å²) in [5, 5.41) is 4.17. The number of hydrogen-bond donors (Lipinski definition) is 1. The van der Waals surface area contributed by atoms with E-state index in [1.54, 1.807) is 14.9 Å². The van der Waals surface area contributed by atoms with Crippen molar-refractivity contribution in [1.82, 2.24) is 24.0 Å². The minimum atomic E-state index is -3.05. The van der Waals surface area contributed by atoms with Crippen LogP contribution in [0.3, 0.4) is 0 Å². The number of amides is 1. The fraction of sp³-hybridized carbons (Fsp3) is 0.706. The van der Waals surface area contributed by atoms with Gasteiger partial charge in [0.05, 0.1) is 11.8 Å². The van der Waals surface area contributed by atoms with Crippen LogP contribution in [0.2, 0.25) is 0 Å². The number of piperidine rings is 1. The van der Waals surface area contributed by atoms with Gasteiger partial charge in [0, 0.05) is 50.3 Å². The molecule has 9 nitrogen and oxygen atoms in total. The van der Waals surface area contributed by atoms with E-state index in [0.717, 1.165) is 49.9 Å². The number of carbonyl (C=O) groups is 1. The number of rotatable bonds is 14. The van der Waals surface area contributed by atoms with E-state index < -0.39 is 10.0 Å². The molecule has 2 bridgehead atoms. The number of hydrogen-bond acceptors (Lipinski definition) is 6. The maximum absolute atomic E-state index is 13.4. The van der Waals surface area contributed by atoms with Crippen molar-refractivity contribution in [3.63, 3.8) is 0 Å². The van der Waals surface area contributed by atoms with E-state index in [9.17, 15) is 18.0 Å². The van der Waals surface area contributed by atoms with Crippen molar-refractivity contribution in [2.24, 2.45) is 0 Å². The molecule has 0 aliphatic carbocycles. The second kappa shape index (κ2) is 14.9. The third kappa shape index (κ3) is 8.11. The lowest BCUT2D eigenvalue weighted by atomic mass is 9.96. The zero-order valence-corrected chi connectivity index (χ0v) is 27.9. The summed E-state index contributed by atoms with van der Waals surface area (Å²) in [6.07, 6.45) is 14.5. The fourth-order valence-corrected chi connectivity index (χ4v) is 8.61. The van der Waals surface area contributed by atoms with Crippen LogP contribution in [0.5, 0.6) is 0 Å². The number of nitrogens with one attached hydrogen (secondary N) is 1. The van der Waals surface area contributed by atoms with Crippen molar-refractivity contribution in [3.8, 4) is 0 Å². The van der Waals surface area contributed by atoms with Gasteiger partial charge in [0.2, 0.25) is 10.0 Å². The molecule has 1 aromatic carbocycles. The number of pyridine rings is 1. The lowest BCUT2D eigenvalue weighted by Gasteiger charge is -2.39. The van der Waals surface area contributed by atoms with Crippen molar-refractivity contribution >= 4 is 26.8 Å². The Balaban J connectivity index is 0.983. The largest absolute Gasteiger partial charge is 0.349 e. The topological polar surface area (TPSA) is 95.0 Å². The summed E-state index contributed by atoms with van der Waals surface area (Å²) in [5.41, 5.74) is 0.913. The predicted molar refractivity (Wildman–Crippen MR) is 178 cm³/mol. The van der Waals surface area contributed by atoms with E-state index in [-0.39, 0.29) is 29.1 Å². The zero-order chi connectivity index (χ0) is 31.3. The molecule has 0 spiro atoms. The second-order valence-electron chi connectivity index (χ2n) is 13.6. The minimum absolute atomic E-state index is 0.0253. The Morgan fingerprint density at radius 3 is 2.09 bits per heavy atom. The summed E-state index contributed by atoms with van der Waals surface area (Å²) in [4.78, 5) is 31.8. The monoisotopic (exact) mass is 627 g/mol. The summed E-state index contributed by atoms with van der Waals surface area (Å²) < 4.78 is 26.7. The Morgan fingerprint density at radius 1 is 0.886 bits per heavy atom. The van der Waals surface area contributed by atoms with E-state index in [1.165, 1.54) is 64.0 Å². The third-order valence-electron chi connectivity index (χ3n) is 10.1. The number of carbonyl (C=O) groups excluding carboxylic acids is 1. The lowest BCUT2D eigenvalue weighted by molar-refractivity contribution is 0.0839. The van der Waals surface area contributed by atoms with Crippen molar-refractivity contribution in [2.45, 2.75) is 109 Å². The van der Waals surface area contributed by atoms with Gasteiger partial charge in [-0.25, -0.2) is 8.42 Å². The molecule has 2 aromatic rings. The number of piperazine rings is 1. The van der Waals surface area contributed by atoms with Gasteiger partial charge in [0.1, 0.15) is 5.56 Å². The van der Waals surface area contributed by atoms with E-state index in [1.807, 2.05) is 38.1 Å². The second-order valence-corrected chi connectivity index (χ2v) is 15.6. The number of unbranched alkanes of at least 4 members (excludes halogenated alkanes) is 6. The maximum Gasteiger partial charge on any atom is 0.264 e. The number of sulfonamides is 1. The van der Waals surface area contributed by atoms with Gasteiger partial charge in [0.15, 0.2) is 0 Å². The van der Waals surface area contributed by atoms with Gasteiger partial charge in [-0.05, 0) is 83.0 Å². The van der Waals surface area contributed by atoms with Gasteiger partial charge in [-0.1, -0.05) is 50.3 Å². The van der Waals surface area contributed by atoms with Crippen LogP contribution >= 0.6 is 0 Å². The molecule has 1 amide bonds. The maximum atomic E-state index is 13.4. The van der Waals surface area contributed by atoms with Crippen molar-refractivity contribution in [2.75, 3.05) is 45.5 Å². The molecule has 3 fully saturated rings. The van der Waals surface area contributed by atoms with E-state index in [0.29, 0.717) is 25.2 Å². The molecular weight excluding hydrogens is 574 g/mol. The highest BCUT2D eigenvalue weighted by Gasteiger charge is 2.40. The van der Waals surface area contributed by atoms with Crippen LogP contribution < -0.4 is 10.9 Å². The Labute approximate surface area is 264 Å². The van der Waals surface area contributed by atoms with Gasteiger partial charge >= 0.3 is 0 Å². The highest BCUT2D eigenvalue weighted by atomic mass is 32.2. The SMILES string of the molecule is CC(C)n1c(=O)c(C(=O)NC2C[C@H]3CC[C@@H](C2)N3CCCCCCCCCN2CCN(S(C)(=O)=O)CC2)cc2ccccc21. The number of aromatic nitrogens is 1. The van der Waals surface area contributed by atoms with Crippen LogP contribution in [0.4, 0.5) is 0 Å². The molecule has 0 radical (unpaired) electrons. The molecule has 1 N–H and O–H groups in total. The number of fused-ring (bicyclic) bond motifs is 3. The Hall–Kier alpha value is -2.27. The standard InChI is InChI=1S/C34H53N5O4S/c1-26(2)39-32-14-10-9-13-27(32)23-31(34(39)41)33(40)35-28-24-29-15-16-30(25-28)38(29)18-12-8-6-4-5-7-11-17-36-19-21-37(22-20-36)44(3,42)43/h9-10,13-14,23,26,28-30H,4-8,11-12,15-22,24-25H2,1-3H3,(H,35,40)/t28?,29-,30+. The number of para-hydroxylation sites is 1. The lowest BCUT2D eigenvalue weighted by Crippen LogP contribution is -2.51. The molecule has 4 heterocycles. The van der Waals surface area contributed by atoms with Gasteiger partial charge in [0.25, 0.3) is 11.5 Å². The first kappa shape index (κ1) is 33.1. The molecule has 1 unspecified atom stereocenters. The first-order valence-corrected chi connectivity index (χ1v) is 18.8. The first-order chi connectivity index (χ1) is 21.1. The van der Waals surface area contributed by atoms with Gasteiger partial charge in [-0.2, -0.15) is 4.31 Å². The molecule has 3 atom stereocenters. The fourth-order valence-electron chi connectivity index (χ4n) is 7.78. The van der Waals surface area contributed by atoms with Crippen LogP contribution in [0.15, 0.2) is 35.1 Å². The van der Waals surface area contributed by atoms with Crippen LogP contribution in [0.25, 0.3) is 10.9 Å². The van der Waals surface area contributed by atoms with E-state index >= 15 is 0 Å². The summed E-state index contributed by atoms with van der Waals surface area (Å²) in [7, 11) is -3.05. The summed E-state index contributed by atoms with van der Waals surface area (Å²) in [6, 6.07) is 10.7. The summed E-state index contributed by atoms with van der Waals surface area (Å²) >= 11 is 0. The number of benzene rings is 1. The van der Waals surface area contributed by atoms with Crippen LogP contribution in [-0.2, 0) is 10.0 Å². The van der Waals surface area contributed by atoms with Crippen LogP contribution in [0.1, 0.15) is 101 Å². The first-order valence-electron chi connectivity index (χ1n) is 17.0. The quantitative estimate of drug-likeness (QED) is 0.308. The van der Waals surface area contributed by atoms with Gasteiger partial charge in [-0.3, -0.25) is 14.5 Å². The van der Waals surface area contributed by atoms with Gasteiger partial charge in [-0.15, -0.1) is 0 Å². The van der Waals surface area contributed by atoms with Crippen molar-refractivity contribution in [3.05, 3.63) is 46.2 Å². The molecule has 3 aliphatic heterocycles. The van der Waals surface area contributed by atoms with Crippen molar-refractivity contribution in [1.29, 1.82) is 0 Å². The van der Waals surface area contributed by atoms with Crippen molar-refractivity contribution < 1.29 is 13.2 Å². The Kier molecular flexibility index (Phi) is 11.2. The minimum Gasteiger partial charge on any atom is -0.349 e. The van der Waals surface area contributed by atoms with Gasteiger partial charge < -0.3 is 14.8 Å². The third-order valence-corrected chi connectivity index (χ3v) is 11.4. The predicted octanol–water partition coefficient (Wildman–Crippen LogP) is 4.62. The smallest absolute Gasteiger partial charge is 0.264 e.